The van der Waals surface area contributed by atoms with Crippen LogP contribution in [0.15, 0.2) is 18.2 Å². The average molecular weight is 306 g/mol. The summed E-state index contributed by atoms with van der Waals surface area (Å²) in [6.45, 7) is 4.03. The molecule has 1 N–H and O–H groups in total. The minimum absolute atomic E-state index is 0.287. The van der Waals surface area contributed by atoms with Gasteiger partial charge < -0.3 is 14.7 Å². The number of rotatable bonds is 4. The lowest BCUT2D eigenvalue weighted by molar-refractivity contribution is -0.141. The maximum Gasteiger partial charge on any atom is 0.308 e. The summed E-state index contributed by atoms with van der Waals surface area (Å²) in [5.41, 5.74) is 0.941. The van der Waals surface area contributed by atoms with Gasteiger partial charge >= 0.3 is 5.97 Å². The number of benzene rings is 1. The van der Waals surface area contributed by atoms with Crippen molar-refractivity contribution in [2.45, 2.75) is 19.8 Å². The number of piperidine rings is 1. The molecular weight excluding hydrogens is 288 g/mol. The van der Waals surface area contributed by atoms with Crippen LogP contribution in [0.2, 0.25) is 0 Å². The van der Waals surface area contributed by atoms with Gasteiger partial charge in [-0.15, -0.1) is 0 Å². The fourth-order valence-corrected chi connectivity index (χ4v) is 3.67. The summed E-state index contributed by atoms with van der Waals surface area (Å²) in [5, 5.41) is 10.1. The van der Waals surface area contributed by atoms with Crippen LogP contribution in [-0.2, 0) is 4.79 Å². The highest BCUT2D eigenvalue weighted by Gasteiger charge is 2.27. The van der Waals surface area contributed by atoms with Crippen LogP contribution >= 0.6 is 11.3 Å². The first-order chi connectivity index (χ1) is 10.2. The Morgan fingerprint density at radius 3 is 3.19 bits per heavy atom. The smallest absolute Gasteiger partial charge is 0.308 e. The molecule has 112 valence electrons. The predicted octanol–water partition coefficient (Wildman–Crippen LogP) is 3.00. The molecule has 2 heterocycles. The van der Waals surface area contributed by atoms with Crippen molar-refractivity contribution in [1.29, 1.82) is 0 Å². The van der Waals surface area contributed by atoms with Gasteiger partial charge in [0.1, 0.15) is 5.75 Å². The third-order valence-electron chi connectivity index (χ3n) is 3.70. The second-order valence-corrected chi connectivity index (χ2v) is 6.19. The second kappa shape index (κ2) is 5.89. The molecule has 1 aliphatic rings. The highest BCUT2D eigenvalue weighted by molar-refractivity contribution is 7.22. The van der Waals surface area contributed by atoms with Gasteiger partial charge in [-0.25, -0.2) is 4.98 Å². The van der Waals surface area contributed by atoms with Crippen LogP contribution in [0, 0.1) is 5.92 Å². The number of ether oxygens (including phenoxy) is 1. The molecule has 21 heavy (non-hydrogen) atoms. The van der Waals surface area contributed by atoms with Crippen LogP contribution in [0.25, 0.3) is 10.2 Å². The Balaban J connectivity index is 1.84. The van der Waals surface area contributed by atoms with Gasteiger partial charge in [-0.2, -0.15) is 0 Å². The number of aliphatic carboxylic acids is 1. The topological polar surface area (TPSA) is 62.7 Å². The van der Waals surface area contributed by atoms with Gasteiger partial charge in [0.2, 0.25) is 0 Å². The van der Waals surface area contributed by atoms with Crippen LogP contribution in [0.4, 0.5) is 5.13 Å². The van der Waals surface area contributed by atoms with E-state index in [2.05, 4.69) is 9.88 Å². The number of anilines is 1. The summed E-state index contributed by atoms with van der Waals surface area (Å²) in [5.74, 6) is -0.147. The Morgan fingerprint density at radius 2 is 2.43 bits per heavy atom. The van der Waals surface area contributed by atoms with Gasteiger partial charge in [-0.3, -0.25) is 4.79 Å². The molecule has 0 unspecified atom stereocenters. The van der Waals surface area contributed by atoms with Crippen molar-refractivity contribution in [2.75, 3.05) is 24.6 Å². The molecule has 1 aliphatic heterocycles. The predicted molar refractivity (Wildman–Crippen MR) is 83.4 cm³/mol. The maximum atomic E-state index is 11.2. The van der Waals surface area contributed by atoms with Crippen LogP contribution in [0.3, 0.4) is 0 Å². The monoisotopic (exact) mass is 306 g/mol. The van der Waals surface area contributed by atoms with Gasteiger partial charge in [0, 0.05) is 13.1 Å². The molecule has 0 aliphatic carbocycles. The normalized spacial score (nSPS) is 18.9. The van der Waals surface area contributed by atoms with E-state index in [1.165, 1.54) is 0 Å². The first kappa shape index (κ1) is 14.1. The molecule has 2 aromatic rings. The van der Waals surface area contributed by atoms with Crippen molar-refractivity contribution >= 4 is 32.7 Å². The lowest BCUT2D eigenvalue weighted by atomic mass is 9.99. The number of carboxylic acid groups (broad SMARTS) is 1. The Hall–Kier alpha value is -1.82. The zero-order chi connectivity index (χ0) is 14.8. The van der Waals surface area contributed by atoms with Crippen molar-refractivity contribution in [3.05, 3.63) is 18.2 Å². The van der Waals surface area contributed by atoms with E-state index in [4.69, 9.17) is 4.74 Å². The van der Waals surface area contributed by atoms with Crippen molar-refractivity contribution in [3.8, 4) is 5.75 Å². The van der Waals surface area contributed by atoms with Crippen molar-refractivity contribution in [3.63, 3.8) is 0 Å². The first-order valence-corrected chi connectivity index (χ1v) is 8.00. The van der Waals surface area contributed by atoms with Crippen LogP contribution in [-0.4, -0.2) is 35.8 Å². The van der Waals surface area contributed by atoms with E-state index >= 15 is 0 Å². The van der Waals surface area contributed by atoms with E-state index in [1.54, 1.807) is 11.3 Å². The second-order valence-electron chi connectivity index (χ2n) is 5.18. The molecule has 3 rings (SSSR count). The third kappa shape index (κ3) is 2.95. The van der Waals surface area contributed by atoms with E-state index < -0.39 is 5.97 Å². The molecule has 1 saturated heterocycles. The lowest BCUT2D eigenvalue weighted by Gasteiger charge is -2.30. The number of hydrogen-bond acceptors (Lipinski definition) is 5. The van der Waals surface area contributed by atoms with E-state index in [-0.39, 0.29) is 5.92 Å². The van der Waals surface area contributed by atoms with Gasteiger partial charge in [0.25, 0.3) is 0 Å². The van der Waals surface area contributed by atoms with Crippen LogP contribution in [0.1, 0.15) is 19.8 Å². The standard InChI is InChI=1S/C15H18N2O3S/c1-2-20-11-5-6-12-13(8-11)21-15(16-12)17-7-3-4-10(9-17)14(18)19/h5-6,8,10H,2-4,7,9H2,1H3,(H,18,19)/t10-/m0/s1. The summed E-state index contributed by atoms with van der Waals surface area (Å²) >= 11 is 1.60. The Labute approximate surface area is 127 Å². The Morgan fingerprint density at radius 1 is 1.57 bits per heavy atom. The summed E-state index contributed by atoms with van der Waals surface area (Å²) in [6.07, 6.45) is 1.66. The zero-order valence-electron chi connectivity index (χ0n) is 11.9. The molecule has 1 fully saturated rings. The number of carbonyl (C=O) groups is 1. The Kier molecular flexibility index (Phi) is 3.96. The van der Waals surface area contributed by atoms with Gasteiger partial charge in [0.05, 0.1) is 22.7 Å². The van der Waals surface area contributed by atoms with Gasteiger partial charge in [-0.1, -0.05) is 11.3 Å². The summed E-state index contributed by atoms with van der Waals surface area (Å²) in [7, 11) is 0. The third-order valence-corrected chi connectivity index (χ3v) is 4.78. The molecule has 0 saturated carbocycles. The molecule has 1 atom stereocenters. The number of nitrogens with zero attached hydrogens (tertiary/aromatic N) is 2. The maximum absolute atomic E-state index is 11.2. The molecule has 5 nitrogen and oxygen atoms in total. The van der Waals surface area contributed by atoms with Crippen LogP contribution in [0.5, 0.6) is 5.75 Å². The van der Waals surface area contributed by atoms with Crippen LogP contribution < -0.4 is 9.64 Å². The molecule has 0 radical (unpaired) electrons. The van der Waals surface area contributed by atoms with E-state index in [0.717, 1.165) is 40.5 Å². The van der Waals surface area contributed by atoms with Crippen molar-refractivity contribution in [2.24, 2.45) is 5.92 Å². The largest absolute Gasteiger partial charge is 0.494 e. The molecule has 0 bridgehead atoms. The molecule has 1 aromatic carbocycles. The summed E-state index contributed by atoms with van der Waals surface area (Å²) < 4.78 is 6.58. The molecule has 0 amide bonds. The number of fused-ring (bicyclic) bond motifs is 1. The van der Waals surface area contributed by atoms with Crippen molar-refractivity contribution < 1.29 is 14.6 Å². The van der Waals surface area contributed by atoms with E-state index in [9.17, 15) is 9.90 Å². The van der Waals surface area contributed by atoms with Gasteiger partial charge in [-0.05, 0) is 38.0 Å². The average Bonchev–Trinajstić information content (AvgIpc) is 2.91. The Bertz CT molecular complexity index is 655. The quantitative estimate of drug-likeness (QED) is 0.941. The van der Waals surface area contributed by atoms with Gasteiger partial charge in [0.15, 0.2) is 5.13 Å². The molecule has 1 aromatic heterocycles. The highest BCUT2D eigenvalue weighted by Crippen LogP contribution is 2.33. The number of carboxylic acids is 1. The van der Waals surface area contributed by atoms with E-state index in [0.29, 0.717) is 13.2 Å². The SMILES string of the molecule is CCOc1ccc2nc(N3CCC[C@H](C(=O)O)C3)sc2c1. The lowest BCUT2D eigenvalue weighted by Crippen LogP contribution is -2.38. The summed E-state index contributed by atoms with van der Waals surface area (Å²) in [6, 6.07) is 5.88. The first-order valence-electron chi connectivity index (χ1n) is 7.18. The summed E-state index contributed by atoms with van der Waals surface area (Å²) in [4.78, 5) is 17.9. The molecule has 6 heteroatoms. The fourth-order valence-electron chi connectivity index (χ4n) is 2.64. The minimum Gasteiger partial charge on any atom is -0.494 e. The van der Waals surface area contributed by atoms with E-state index in [1.807, 2.05) is 25.1 Å². The molecule has 0 spiro atoms. The number of aromatic nitrogens is 1. The zero-order valence-corrected chi connectivity index (χ0v) is 12.7. The number of thiazole rings is 1. The number of hydrogen-bond donors (Lipinski definition) is 1. The minimum atomic E-state index is -0.709. The fraction of sp³-hybridized carbons (Fsp3) is 0.467. The highest BCUT2D eigenvalue weighted by atomic mass is 32.1. The molecular formula is C15H18N2O3S. The van der Waals surface area contributed by atoms with Crippen molar-refractivity contribution in [1.82, 2.24) is 4.98 Å².